The van der Waals surface area contributed by atoms with Crippen LogP contribution in [0.4, 0.5) is 22.2 Å². The number of pyridine rings is 2. The van der Waals surface area contributed by atoms with Crippen LogP contribution in [0.15, 0.2) is 29.3 Å². The second kappa shape index (κ2) is 12.0. The maximum atomic E-state index is 13.4. The first kappa shape index (κ1) is 27.5. The Morgan fingerprint density at radius 2 is 1.82 bits per heavy atom. The van der Waals surface area contributed by atoms with Gasteiger partial charge in [0.15, 0.2) is 5.78 Å². The minimum Gasteiger partial charge on any atom is -0.465 e. The Labute approximate surface area is 232 Å². The molecule has 1 aliphatic carbocycles. The molecule has 3 aromatic rings. The number of fused-ring (bicyclic) bond motifs is 1. The predicted molar refractivity (Wildman–Crippen MR) is 153 cm³/mol. The molecule has 212 valence electrons. The van der Waals surface area contributed by atoms with E-state index in [1.165, 1.54) is 6.92 Å². The number of nitrogens with one attached hydrogen (secondary N) is 2. The lowest BCUT2D eigenvalue weighted by molar-refractivity contribution is 0.101. The van der Waals surface area contributed by atoms with Crippen LogP contribution in [0.1, 0.15) is 61.0 Å². The molecule has 0 bridgehead atoms. The Hall–Kier alpha value is -4.06. The topological polar surface area (TPSA) is 146 Å². The number of Topliss-reactive ketones (excluding diaryl/α,β-unsaturated/α-hetero) is 1. The monoisotopic (exact) mass is 548 g/mol. The first-order valence-corrected chi connectivity index (χ1v) is 13.9. The first-order valence-electron chi connectivity index (χ1n) is 13.9. The van der Waals surface area contributed by atoms with Crippen LogP contribution in [0.25, 0.3) is 11.0 Å². The summed E-state index contributed by atoms with van der Waals surface area (Å²) in [5, 5.41) is 15.0. The molecular weight excluding hydrogens is 512 g/mol. The van der Waals surface area contributed by atoms with Crippen molar-refractivity contribution in [3.63, 3.8) is 0 Å². The molecule has 1 amide bonds. The summed E-state index contributed by atoms with van der Waals surface area (Å²) in [5.74, 6) is 0.705. The highest BCUT2D eigenvalue weighted by molar-refractivity contribution is 5.99. The standard InChI is InChI=1S/C28H36N8O4/c1-18-22-17-31-27(33-25(22)36(20-6-3-4-7-20)26(38)24(18)19(2)37)32-23-9-8-21(16-30-23)35-14-12-34(13-15-35)11-5-10-29-28(39)40/h8-9,16-17,20,29H,3-7,10-15H2,1-2H3,(H,39,40)(H,30,31,32,33). The third-order valence-corrected chi connectivity index (χ3v) is 7.90. The summed E-state index contributed by atoms with van der Waals surface area (Å²) in [7, 11) is 0. The summed E-state index contributed by atoms with van der Waals surface area (Å²) >= 11 is 0. The van der Waals surface area contributed by atoms with E-state index in [-0.39, 0.29) is 22.9 Å². The molecule has 0 atom stereocenters. The van der Waals surface area contributed by atoms with Gasteiger partial charge in [-0.3, -0.25) is 19.1 Å². The third kappa shape index (κ3) is 5.91. The van der Waals surface area contributed by atoms with E-state index in [0.29, 0.717) is 34.9 Å². The van der Waals surface area contributed by atoms with Crippen molar-refractivity contribution in [1.29, 1.82) is 0 Å². The zero-order chi connectivity index (χ0) is 28.2. The Morgan fingerprint density at radius 3 is 2.48 bits per heavy atom. The fraction of sp³-hybridized carbons (Fsp3) is 0.500. The van der Waals surface area contributed by atoms with Crippen molar-refractivity contribution >= 4 is 40.4 Å². The molecule has 1 saturated carbocycles. The molecule has 0 unspecified atom stereocenters. The minimum atomic E-state index is -0.981. The van der Waals surface area contributed by atoms with Gasteiger partial charge in [0.2, 0.25) is 5.95 Å². The van der Waals surface area contributed by atoms with Gasteiger partial charge >= 0.3 is 6.09 Å². The van der Waals surface area contributed by atoms with Crippen molar-refractivity contribution < 1.29 is 14.7 Å². The van der Waals surface area contributed by atoms with Crippen LogP contribution >= 0.6 is 0 Å². The normalized spacial score (nSPS) is 16.4. The Bertz CT molecular complexity index is 1440. The molecular formula is C28H36N8O4. The van der Waals surface area contributed by atoms with E-state index in [0.717, 1.165) is 70.5 Å². The van der Waals surface area contributed by atoms with E-state index in [2.05, 4.69) is 30.4 Å². The van der Waals surface area contributed by atoms with Crippen LogP contribution in [-0.2, 0) is 0 Å². The molecule has 3 aromatic heterocycles. The average Bonchev–Trinajstić information content (AvgIpc) is 3.46. The van der Waals surface area contributed by atoms with Crippen LogP contribution in [0.5, 0.6) is 0 Å². The highest BCUT2D eigenvalue weighted by atomic mass is 16.4. The SMILES string of the molecule is CC(=O)c1c(C)c2cnc(Nc3ccc(N4CCN(CCCNC(=O)O)CC4)cn3)nc2n(C2CCCC2)c1=O. The van der Waals surface area contributed by atoms with E-state index >= 15 is 0 Å². The lowest BCUT2D eigenvalue weighted by Crippen LogP contribution is -2.47. The molecule has 0 radical (unpaired) electrons. The zero-order valence-corrected chi connectivity index (χ0v) is 23.0. The summed E-state index contributed by atoms with van der Waals surface area (Å²) in [4.78, 5) is 54.7. The van der Waals surface area contributed by atoms with Gasteiger partial charge < -0.3 is 20.6 Å². The molecule has 2 fully saturated rings. The van der Waals surface area contributed by atoms with Gasteiger partial charge in [0.25, 0.3) is 5.56 Å². The van der Waals surface area contributed by atoms with Gasteiger partial charge in [-0.15, -0.1) is 0 Å². The van der Waals surface area contributed by atoms with Gasteiger partial charge in [0.05, 0.1) is 17.4 Å². The number of aryl methyl sites for hydroxylation is 1. The molecule has 4 heterocycles. The Kier molecular flexibility index (Phi) is 8.24. The molecule has 0 aromatic carbocycles. The molecule has 2 aliphatic rings. The number of nitrogens with zero attached hydrogens (tertiary/aromatic N) is 6. The maximum absolute atomic E-state index is 13.4. The van der Waals surface area contributed by atoms with Crippen LogP contribution in [0.3, 0.4) is 0 Å². The second-order valence-corrected chi connectivity index (χ2v) is 10.5. The fourth-order valence-corrected chi connectivity index (χ4v) is 5.80. The number of piperazine rings is 1. The third-order valence-electron chi connectivity index (χ3n) is 7.90. The molecule has 5 rings (SSSR count). The molecule has 3 N–H and O–H groups in total. The van der Waals surface area contributed by atoms with E-state index in [1.54, 1.807) is 17.7 Å². The number of rotatable bonds is 9. The van der Waals surface area contributed by atoms with E-state index in [9.17, 15) is 14.4 Å². The smallest absolute Gasteiger partial charge is 0.404 e. The number of hydrogen-bond donors (Lipinski definition) is 3. The summed E-state index contributed by atoms with van der Waals surface area (Å²) in [6.07, 6.45) is 7.20. The molecule has 12 nitrogen and oxygen atoms in total. The van der Waals surface area contributed by atoms with Gasteiger partial charge in [-0.25, -0.2) is 14.8 Å². The van der Waals surface area contributed by atoms with Crippen molar-refractivity contribution in [1.82, 2.24) is 29.7 Å². The second-order valence-electron chi connectivity index (χ2n) is 10.5. The van der Waals surface area contributed by atoms with Gasteiger partial charge in [-0.1, -0.05) is 12.8 Å². The number of carbonyl (C=O) groups excluding carboxylic acids is 1. The molecule has 1 saturated heterocycles. The summed E-state index contributed by atoms with van der Waals surface area (Å²) in [6.45, 7) is 8.11. The predicted octanol–water partition coefficient (Wildman–Crippen LogP) is 3.34. The molecule has 40 heavy (non-hydrogen) atoms. The zero-order valence-electron chi connectivity index (χ0n) is 23.0. The van der Waals surface area contributed by atoms with Crippen molar-refractivity contribution in [2.75, 3.05) is 49.5 Å². The average molecular weight is 549 g/mol. The largest absolute Gasteiger partial charge is 0.465 e. The van der Waals surface area contributed by atoms with Gasteiger partial charge in [0.1, 0.15) is 11.5 Å². The number of anilines is 3. The van der Waals surface area contributed by atoms with Gasteiger partial charge in [0, 0.05) is 50.3 Å². The van der Waals surface area contributed by atoms with Crippen molar-refractivity contribution in [3.8, 4) is 0 Å². The van der Waals surface area contributed by atoms with Gasteiger partial charge in [-0.2, -0.15) is 4.98 Å². The van der Waals surface area contributed by atoms with Crippen LogP contribution < -0.4 is 21.1 Å². The minimum absolute atomic E-state index is 0.0238. The van der Waals surface area contributed by atoms with E-state index in [1.807, 2.05) is 18.3 Å². The van der Waals surface area contributed by atoms with Crippen molar-refractivity contribution in [2.24, 2.45) is 0 Å². The number of aromatic nitrogens is 4. The fourth-order valence-electron chi connectivity index (χ4n) is 5.80. The number of hydrogen-bond acceptors (Lipinski definition) is 9. The lowest BCUT2D eigenvalue weighted by Gasteiger charge is -2.36. The summed E-state index contributed by atoms with van der Waals surface area (Å²) in [5.41, 5.74) is 2.14. The lowest BCUT2D eigenvalue weighted by atomic mass is 10.0. The first-order chi connectivity index (χ1) is 19.3. The van der Waals surface area contributed by atoms with Crippen molar-refractivity contribution in [2.45, 2.75) is 52.0 Å². The van der Waals surface area contributed by atoms with Crippen LogP contribution in [-0.4, -0.2) is 80.7 Å². The molecule has 12 heteroatoms. The summed E-state index contributed by atoms with van der Waals surface area (Å²) in [6, 6.07) is 3.93. The van der Waals surface area contributed by atoms with Gasteiger partial charge in [-0.05, 0) is 57.4 Å². The van der Waals surface area contributed by atoms with Crippen LogP contribution in [0.2, 0.25) is 0 Å². The molecule has 1 aliphatic heterocycles. The highest BCUT2D eigenvalue weighted by Crippen LogP contribution is 2.32. The molecule has 0 spiro atoms. The Morgan fingerprint density at radius 1 is 1.07 bits per heavy atom. The number of carbonyl (C=O) groups is 2. The highest BCUT2D eigenvalue weighted by Gasteiger charge is 2.26. The Balaban J connectivity index is 1.28. The summed E-state index contributed by atoms with van der Waals surface area (Å²) < 4.78 is 1.71. The van der Waals surface area contributed by atoms with E-state index in [4.69, 9.17) is 10.1 Å². The number of carboxylic acid groups (broad SMARTS) is 1. The van der Waals surface area contributed by atoms with Crippen LogP contribution in [0, 0.1) is 6.92 Å². The number of amides is 1. The van der Waals surface area contributed by atoms with Crippen molar-refractivity contribution in [3.05, 3.63) is 46.0 Å². The maximum Gasteiger partial charge on any atom is 0.404 e. The van der Waals surface area contributed by atoms with E-state index < -0.39 is 6.09 Å². The quantitative estimate of drug-likeness (QED) is 0.269. The number of ketones is 1.